The van der Waals surface area contributed by atoms with E-state index in [0.29, 0.717) is 20.3 Å². The van der Waals surface area contributed by atoms with E-state index >= 15 is 0 Å². The molecule has 0 saturated carbocycles. The van der Waals surface area contributed by atoms with Crippen LogP contribution < -0.4 is 30.7 Å². The van der Waals surface area contributed by atoms with E-state index in [1.165, 1.54) is 67.8 Å². The Bertz CT molecular complexity index is 3530. The van der Waals surface area contributed by atoms with Gasteiger partial charge in [-0.2, -0.15) is 19.2 Å². The number of aromatic nitrogens is 3. The Hall–Kier alpha value is -10.2. The zero-order valence-corrected chi connectivity index (χ0v) is 44.4. The number of halogens is 3. The van der Waals surface area contributed by atoms with Crippen molar-refractivity contribution in [2.75, 3.05) is 34.4 Å². The van der Waals surface area contributed by atoms with E-state index in [9.17, 15) is 42.3 Å². The van der Waals surface area contributed by atoms with Gasteiger partial charge in [-0.1, -0.05) is 18.1 Å². The number of carbonyl (C=O) groups excluding carboxylic acids is 11. The molecule has 6 N–H and O–H groups in total. The number of pyridine rings is 3. The van der Waals surface area contributed by atoms with Gasteiger partial charge in [0, 0.05) is 37.7 Å². The number of amides is 8. The molecule has 8 heterocycles. The molecule has 0 unspecified atom stereocenters. The highest BCUT2D eigenvalue weighted by Gasteiger charge is 2.53. The number of methoxy groups -OCH3 is 3. The molecule has 2 saturated heterocycles. The van der Waals surface area contributed by atoms with Crippen LogP contribution in [0.25, 0.3) is 11.1 Å². The Kier molecular flexibility index (Phi) is 19.9. The minimum absolute atomic E-state index is 0.00491. The number of aryl methyl sites for hydroxylation is 2. The first kappa shape index (κ1) is 60.7. The molecule has 8 amide bonds. The van der Waals surface area contributed by atoms with Crippen LogP contribution >= 0.6 is 22.6 Å². The van der Waals surface area contributed by atoms with Gasteiger partial charge in [-0.3, -0.25) is 39.8 Å². The molecule has 4 aliphatic rings. The van der Waals surface area contributed by atoms with E-state index in [1.807, 2.05) is 41.8 Å². The van der Waals surface area contributed by atoms with E-state index in [4.69, 9.17) is 49.7 Å². The molecule has 4 aromatic heterocycles. The summed E-state index contributed by atoms with van der Waals surface area (Å²) in [6.45, 7) is 3.27. The number of nitrogens with one attached hydrogen (secondary N) is 4. The third-order valence-electron chi connectivity index (χ3n) is 11.6. The fraction of sp³-hybridized carbons (Fsp3) is 0.216. The van der Waals surface area contributed by atoms with Crippen molar-refractivity contribution >= 4 is 87.7 Å². The highest BCUT2D eigenvalue weighted by molar-refractivity contribution is 14.1. The smallest absolute Gasteiger partial charge is 0.373 e. The number of nitrogens with zero attached hydrogens (tertiary/aromatic N) is 5. The molecule has 2 atom stereocenters. The van der Waals surface area contributed by atoms with Crippen LogP contribution in [-0.4, -0.2) is 129 Å². The number of ether oxygens (including phenoxy) is 3. The van der Waals surface area contributed by atoms with Crippen LogP contribution in [0.3, 0.4) is 0 Å². The van der Waals surface area contributed by atoms with Gasteiger partial charge in [-0.25, -0.2) is 28.1 Å². The first-order valence-corrected chi connectivity index (χ1v) is 23.5. The monoisotopic (exact) mass is 1220 g/mol. The van der Waals surface area contributed by atoms with E-state index < -0.39 is 64.4 Å². The summed E-state index contributed by atoms with van der Waals surface area (Å²) < 4.78 is 50.0. The number of esters is 1. The van der Waals surface area contributed by atoms with Gasteiger partial charge in [0.25, 0.3) is 23.6 Å². The number of terminal acetylenes is 1. The number of aromatic hydroxyl groups is 2. The van der Waals surface area contributed by atoms with Crippen molar-refractivity contribution in [2.24, 2.45) is 0 Å². The Balaban J connectivity index is 0.000000218. The van der Waals surface area contributed by atoms with E-state index in [1.54, 1.807) is 36.7 Å². The second kappa shape index (κ2) is 26.3. The van der Waals surface area contributed by atoms with Crippen molar-refractivity contribution < 1.29 is 90.4 Å². The second-order valence-corrected chi connectivity index (χ2v) is 17.8. The predicted octanol–water partition coefficient (Wildman–Crippen LogP) is 3.08. The fourth-order valence-electron chi connectivity index (χ4n) is 7.97. The highest BCUT2D eigenvalue weighted by Crippen LogP contribution is 2.37. The summed E-state index contributed by atoms with van der Waals surface area (Å²) in [5, 5.41) is 26.8. The summed E-state index contributed by atoms with van der Waals surface area (Å²) >= 11 is 1.98. The lowest BCUT2D eigenvalue weighted by Gasteiger charge is -2.28. The third-order valence-corrected chi connectivity index (χ3v) is 12.4. The number of hydrogen-bond acceptors (Lipinski definition) is 20. The number of urea groups is 2. The van der Waals surface area contributed by atoms with Gasteiger partial charge in [0.15, 0.2) is 39.8 Å². The number of carbonyl (C=O) groups is 7. The largest absolute Gasteiger partial charge is 0.506 e. The lowest BCUT2D eigenvalue weighted by atomic mass is 9.95. The normalized spacial score (nSPS) is 16.8. The Morgan fingerprint density at radius 3 is 1.73 bits per heavy atom. The number of fused-ring (bicyclic) bond motifs is 3. The molecular formula is C51H42F2IN9O17. The topological polar surface area (TPSA) is 362 Å². The maximum Gasteiger partial charge on any atom is 0.373 e. The standard InChI is InChI=1S/C22H17FN4O7.C15H12FN3O4.C6H6INO.C6H7NO.2CO2/c1-32-13-4-3-10-8-27(18(28)16(10)17(13)23)9-22(20(30)25-21(31)26-22)15-6-12-14(34-15)5-11(7-24-12)19(29)33-2;1-3-15(13(21)17-14(22)18-15)7-19-6-8-4-5-9(23-2)11(16)10(8)12(19)20;1-4-2-5(9)6(7)8-3-4;1-5-2-6(8)4-7-3-5;2*2-1-3/h3-7H,8-9H2,1-2H3,(H2,25,26,30,31);1,4-5H,6-7H2,2H3,(H2,17,18,21,22);2-3,9H,1H3;2-4,8H,1H3;;/t22-;15-;;;;/m01..../s1. The van der Waals surface area contributed by atoms with Crippen LogP contribution in [0.5, 0.6) is 23.0 Å². The van der Waals surface area contributed by atoms with Crippen molar-refractivity contribution in [1.29, 1.82) is 0 Å². The maximum absolute atomic E-state index is 14.8. The molecule has 10 rings (SSSR count). The zero-order chi connectivity index (χ0) is 59.2. The molecule has 414 valence electrons. The van der Waals surface area contributed by atoms with Crippen LogP contribution in [0, 0.1) is 41.5 Å². The highest BCUT2D eigenvalue weighted by atomic mass is 127. The quantitative estimate of drug-likeness (QED) is 0.0419. The van der Waals surface area contributed by atoms with Crippen molar-refractivity contribution in [1.82, 2.24) is 46.0 Å². The summed E-state index contributed by atoms with van der Waals surface area (Å²) in [6, 6.07) is 10.6. The van der Waals surface area contributed by atoms with Gasteiger partial charge >= 0.3 is 30.3 Å². The van der Waals surface area contributed by atoms with E-state index in [-0.39, 0.29) is 89.5 Å². The molecule has 0 bridgehead atoms. The van der Waals surface area contributed by atoms with Gasteiger partial charge in [0.05, 0.1) is 57.3 Å². The van der Waals surface area contributed by atoms with Gasteiger partial charge < -0.3 is 49.3 Å². The molecule has 2 aromatic carbocycles. The Morgan fingerprint density at radius 2 is 1.29 bits per heavy atom. The number of hydrogen-bond donors (Lipinski definition) is 6. The molecule has 80 heavy (non-hydrogen) atoms. The van der Waals surface area contributed by atoms with Gasteiger partial charge in [-0.15, -0.1) is 6.42 Å². The second-order valence-electron chi connectivity index (χ2n) is 16.7. The van der Waals surface area contributed by atoms with Crippen LogP contribution in [0.15, 0.2) is 77.7 Å². The summed E-state index contributed by atoms with van der Waals surface area (Å²) in [6.07, 6.45) is 12.0. The molecule has 29 heteroatoms. The van der Waals surface area contributed by atoms with Crippen LogP contribution in [0.2, 0.25) is 0 Å². The molecule has 4 aliphatic heterocycles. The molecule has 26 nitrogen and oxygen atoms in total. The Morgan fingerprint density at radius 1 is 0.750 bits per heavy atom. The average molecular weight is 1220 g/mol. The summed E-state index contributed by atoms with van der Waals surface area (Å²) in [4.78, 5) is 132. The average Bonchev–Trinajstić information content (AvgIpc) is 4.42. The molecule has 0 radical (unpaired) electrons. The van der Waals surface area contributed by atoms with Crippen LogP contribution in [0.1, 0.15) is 59.1 Å². The van der Waals surface area contributed by atoms with Crippen molar-refractivity contribution in [3.8, 4) is 35.3 Å². The number of rotatable bonds is 8. The van der Waals surface area contributed by atoms with Gasteiger partial charge in [-0.05, 0) is 89.0 Å². The molecular weight excluding hydrogens is 1180 g/mol. The zero-order valence-electron chi connectivity index (χ0n) is 42.2. The summed E-state index contributed by atoms with van der Waals surface area (Å²) in [5.41, 5.74) is -0.299. The SMILES string of the molecule is C#C[C@]1(CN2Cc3ccc(OC)c(F)c3C2=O)NC(=O)NC1=O.COC(=O)c1cnc2cc([C@]3(CN4Cc5ccc(OC)c(F)c5C4=O)NC(=O)NC3=O)oc2c1.Cc1cnc(I)c(O)c1.Cc1cncc(O)c1.O=C=O.O=C=O. The molecule has 2 fully saturated rings. The van der Waals surface area contributed by atoms with Gasteiger partial charge in [0.2, 0.25) is 0 Å². The number of imide groups is 2. The fourth-order valence-corrected chi connectivity index (χ4v) is 8.27. The maximum atomic E-state index is 14.8. The predicted molar refractivity (Wildman–Crippen MR) is 271 cm³/mol. The van der Waals surface area contributed by atoms with Crippen molar-refractivity contribution in [2.45, 2.75) is 38.0 Å². The van der Waals surface area contributed by atoms with Crippen molar-refractivity contribution in [3.05, 3.63) is 133 Å². The number of furan rings is 1. The molecule has 6 aromatic rings. The molecule has 0 spiro atoms. The minimum atomic E-state index is -1.80. The van der Waals surface area contributed by atoms with E-state index in [0.717, 1.165) is 11.1 Å². The Labute approximate surface area is 463 Å². The molecule has 0 aliphatic carbocycles. The lowest BCUT2D eigenvalue weighted by Crippen LogP contribution is -2.54. The summed E-state index contributed by atoms with van der Waals surface area (Å²) in [7, 11) is 3.81. The number of benzene rings is 2. The first-order valence-electron chi connectivity index (χ1n) is 22.4. The van der Waals surface area contributed by atoms with E-state index in [2.05, 4.69) is 41.6 Å². The minimum Gasteiger partial charge on any atom is -0.506 e. The van der Waals surface area contributed by atoms with Crippen LogP contribution in [-0.2, 0) is 52.1 Å². The third kappa shape index (κ3) is 13.3. The summed E-state index contributed by atoms with van der Waals surface area (Å²) in [5.74, 6) is -2.38. The van der Waals surface area contributed by atoms with Crippen molar-refractivity contribution in [3.63, 3.8) is 0 Å². The lowest BCUT2D eigenvalue weighted by molar-refractivity contribution is -0.193. The van der Waals surface area contributed by atoms with Gasteiger partial charge in [0.1, 0.15) is 26.5 Å². The first-order chi connectivity index (χ1) is 38.0. The van der Waals surface area contributed by atoms with Crippen LogP contribution in [0.4, 0.5) is 18.4 Å².